The molecule has 2 aromatic carbocycles. The van der Waals surface area contributed by atoms with Gasteiger partial charge in [-0.05, 0) is 44.5 Å². The highest BCUT2D eigenvalue weighted by atomic mass is 16.5. The van der Waals surface area contributed by atoms with E-state index in [1.165, 1.54) is 16.7 Å². The lowest BCUT2D eigenvalue weighted by molar-refractivity contribution is 0.0515. The average Bonchev–Trinajstić information content (AvgIpc) is 2.87. The molecule has 0 aliphatic heterocycles. The fraction of sp³-hybridized carbons (Fsp3) is 0.250. The number of aryl methyl sites for hydroxylation is 2. The Kier molecular flexibility index (Phi) is 4.20. The van der Waals surface area contributed by atoms with Gasteiger partial charge in [0.05, 0.1) is 6.61 Å². The summed E-state index contributed by atoms with van der Waals surface area (Å²) in [4.78, 5) is 12.3. The van der Waals surface area contributed by atoms with Gasteiger partial charge in [0.25, 0.3) is 0 Å². The fourth-order valence-electron chi connectivity index (χ4n) is 2.81. The third-order valence-corrected chi connectivity index (χ3v) is 4.00. The Morgan fingerprint density at radius 1 is 1.00 bits per heavy atom. The van der Waals surface area contributed by atoms with Gasteiger partial charge in [-0.1, -0.05) is 41.5 Å². The van der Waals surface area contributed by atoms with Crippen molar-refractivity contribution < 1.29 is 9.53 Å². The number of ether oxygens (including phenoxy) is 1. The molecule has 0 N–H and O–H groups in total. The van der Waals surface area contributed by atoms with Crippen LogP contribution in [0.4, 0.5) is 0 Å². The van der Waals surface area contributed by atoms with E-state index in [0.717, 1.165) is 10.9 Å². The van der Waals surface area contributed by atoms with E-state index in [0.29, 0.717) is 18.8 Å². The number of benzene rings is 2. The van der Waals surface area contributed by atoms with Gasteiger partial charge in [0, 0.05) is 17.4 Å². The fourth-order valence-corrected chi connectivity index (χ4v) is 2.81. The highest BCUT2D eigenvalue weighted by Crippen LogP contribution is 2.23. The van der Waals surface area contributed by atoms with Crippen molar-refractivity contribution in [3.63, 3.8) is 0 Å². The van der Waals surface area contributed by atoms with E-state index in [4.69, 9.17) is 4.74 Å². The first-order valence-corrected chi connectivity index (χ1v) is 7.91. The number of carbonyl (C=O) groups is 1. The molecule has 1 heterocycles. The predicted octanol–water partition coefficient (Wildman–Crippen LogP) is 4.48. The number of aromatic nitrogens is 1. The van der Waals surface area contributed by atoms with Crippen molar-refractivity contribution >= 4 is 16.9 Å². The summed E-state index contributed by atoms with van der Waals surface area (Å²) in [5, 5.41) is 1.07. The van der Waals surface area contributed by atoms with E-state index in [-0.39, 0.29) is 5.97 Å². The maximum Gasteiger partial charge on any atom is 0.354 e. The van der Waals surface area contributed by atoms with Crippen molar-refractivity contribution in [1.82, 2.24) is 4.57 Å². The lowest BCUT2D eigenvalue weighted by Gasteiger charge is -2.11. The maximum atomic E-state index is 12.3. The number of nitrogens with zero attached hydrogens (tertiary/aromatic N) is 1. The van der Waals surface area contributed by atoms with Crippen molar-refractivity contribution in [1.29, 1.82) is 0 Å². The summed E-state index contributed by atoms with van der Waals surface area (Å²) in [5.41, 5.74) is 5.24. The molecule has 0 atom stereocenters. The van der Waals surface area contributed by atoms with Crippen molar-refractivity contribution in [2.45, 2.75) is 27.3 Å². The van der Waals surface area contributed by atoms with Gasteiger partial charge in [0.2, 0.25) is 0 Å². The van der Waals surface area contributed by atoms with Crippen molar-refractivity contribution in [3.8, 4) is 0 Å². The molecule has 3 heteroatoms. The van der Waals surface area contributed by atoms with Crippen molar-refractivity contribution in [2.24, 2.45) is 0 Å². The minimum absolute atomic E-state index is 0.270. The van der Waals surface area contributed by atoms with Crippen LogP contribution in [-0.4, -0.2) is 17.1 Å². The Labute approximate surface area is 136 Å². The van der Waals surface area contributed by atoms with Gasteiger partial charge in [-0.3, -0.25) is 0 Å². The molecule has 118 valence electrons. The monoisotopic (exact) mass is 307 g/mol. The normalized spacial score (nSPS) is 10.9. The van der Waals surface area contributed by atoms with E-state index < -0.39 is 0 Å². The highest BCUT2D eigenvalue weighted by Gasteiger charge is 2.17. The van der Waals surface area contributed by atoms with Crippen LogP contribution in [0.15, 0.2) is 48.5 Å². The number of hydrogen-bond acceptors (Lipinski definition) is 2. The molecule has 0 saturated heterocycles. The molecule has 0 radical (unpaired) electrons. The molecule has 0 fully saturated rings. The summed E-state index contributed by atoms with van der Waals surface area (Å²) < 4.78 is 7.26. The predicted molar refractivity (Wildman–Crippen MR) is 92.9 cm³/mol. The Bertz CT molecular complexity index is 844. The topological polar surface area (TPSA) is 31.2 Å². The summed E-state index contributed by atoms with van der Waals surface area (Å²) in [5.74, 6) is -0.270. The van der Waals surface area contributed by atoms with Gasteiger partial charge in [-0.2, -0.15) is 0 Å². The molecule has 0 amide bonds. The summed E-state index contributed by atoms with van der Waals surface area (Å²) >= 11 is 0. The van der Waals surface area contributed by atoms with Gasteiger partial charge in [-0.15, -0.1) is 0 Å². The minimum Gasteiger partial charge on any atom is -0.461 e. The summed E-state index contributed by atoms with van der Waals surface area (Å²) in [6, 6.07) is 16.6. The van der Waals surface area contributed by atoms with Gasteiger partial charge >= 0.3 is 5.97 Å². The SMILES string of the molecule is CCOC(=O)c1cc2cc(C)ccc2n1Cc1ccc(C)cc1. The Balaban J connectivity index is 2.09. The van der Waals surface area contributed by atoms with Crippen LogP contribution in [0.1, 0.15) is 34.1 Å². The van der Waals surface area contributed by atoms with E-state index in [1.807, 2.05) is 17.6 Å². The molecule has 3 aromatic rings. The molecule has 0 aliphatic carbocycles. The second-order valence-electron chi connectivity index (χ2n) is 5.88. The number of hydrogen-bond donors (Lipinski definition) is 0. The smallest absolute Gasteiger partial charge is 0.354 e. The van der Waals surface area contributed by atoms with Crippen LogP contribution in [0.25, 0.3) is 10.9 Å². The van der Waals surface area contributed by atoms with Crippen molar-refractivity contribution in [2.75, 3.05) is 6.61 Å². The number of esters is 1. The zero-order valence-corrected chi connectivity index (χ0v) is 13.8. The second-order valence-corrected chi connectivity index (χ2v) is 5.88. The molecule has 0 saturated carbocycles. The molecule has 0 bridgehead atoms. The van der Waals surface area contributed by atoms with Crippen LogP contribution in [0.2, 0.25) is 0 Å². The zero-order valence-electron chi connectivity index (χ0n) is 13.8. The van der Waals surface area contributed by atoms with Gasteiger partial charge in [-0.25, -0.2) is 4.79 Å². The van der Waals surface area contributed by atoms with Crippen molar-refractivity contribution in [3.05, 3.63) is 70.9 Å². The molecule has 0 aliphatic rings. The third kappa shape index (κ3) is 3.14. The largest absolute Gasteiger partial charge is 0.461 e. The van der Waals surface area contributed by atoms with Crippen LogP contribution < -0.4 is 0 Å². The van der Waals surface area contributed by atoms with E-state index in [1.54, 1.807) is 0 Å². The lowest BCUT2D eigenvalue weighted by atomic mass is 10.1. The molecule has 0 unspecified atom stereocenters. The van der Waals surface area contributed by atoms with E-state index >= 15 is 0 Å². The van der Waals surface area contributed by atoms with Gasteiger partial charge in [0.1, 0.15) is 5.69 Å². The number of fused-ring (bicyclic) bond motifs is 1. The average molecular weight is 307 g/mol. The first kappa shape index (κ1) is 15.3. The number of rotatable bonds is 4. The molecule has 0 spiro atoms. The van der Waals surface area contributed by atoms with Crippen LogP contribution in [0.3, 0.4) is 0 Å². The molecular weight excluding hydrogens is 286 g/mol. The first-order valence-electron chi connectivity index (χ1n) is 7.91. The quantitative estimate of drug-likeness (QED) is 0.665. The summed E-state index contributed by atoms with van der Waals surface area (Å²) in [6.07, 6.45) is 0. The third-order valence-electron chi connectivity index (χ3n) is 4.00. The molecular formula is C20H21NO2. The first-order chi connectivity index (χ1) is 11.1. The van der Waals surface area contributed by atoms with Gasteiger partial charge < -0.3 is 9.30 Å². The molecule has 3 rings (SSSR count). The van der Waals surface area contributed by atoms with Crippen LogP contribution in [-0.2, 0) is 11.3 Å². The van der Waals surface area contributed by atoms with E-state index in [9.17, 15) is 4.79 Å². The summed E-state index contributed by atoms with van der Waals surface area (Å²) in [7, 11) is 0. The van der Waals surface area contributed by atoms with Gasteiger partial charge in [0.15, 0.2) is 0 Å². The van der Waals surface area contributed by atoms with Crippen LogP contribution in [0.5, 0.6) is 0 Å². The highest BCUT2D eigenvalue weighted by molar-refractivity contribution is 5.96. The molecule has 3 nitrogen and oxygen atoms in total. The van der Waals surface area contributed by atoms with Crippen LogP contribution >= 0.6 is 0 Å². The Morgan fingerprint density at radius 3 is 2.39 bits per heavy atom. The lowest BCUT2D eigenvalue weighted by Crippen LogP contribution is -2.12. The standard InChI is InChI=1S/C20H21NO2/c1-4-23-20(22)19-12-17-11-15(3)7-10-18(17)21(19)13-16-8-5-14(2)6-9-16/h5-12H,4,13H2,1-3H3. The minimum atomic E-state index is -0.270. The molecule has 23 heavy (non-hydrogen) atoms. The van der Waals surface area contributed by atoms with E-state index in [2.05, 4.69) is 56.3 Å². The zero-order chi connectivity index (χ0) is 16.4. The van der Waals surface area contributed by atoms with Crippen LogP contribution in [0, 0.1) is 13.8 Å². The maximum absolute atomic E-state index is 12.3. The number of carbonyl (C=O) groups excluding carboxylic acids is 1. The Hall–Kier alpha value is -2.55. The summed E-state index contributed by atoms with van der Waals surface area (Å²) in [6.45, 7) is 6.99. The Morgan fingerprint density at radius 2 is 1.70 bits per heavy atom. The second kappa shape index (κ2) is 6.29. The molecule has 1 aromatic heterocycles.